The van der Waals surface area contributed by atoms with Gasteiger partial charge in [-0.15, -0.1) is 10.2 Å². The Kier molecular flexibility index (Phi) is 6.76. The fourth-order valence-electron chi connectivity index (χ4n) is 1.87. The summed E-state index contributed by atoms with van der Waals surface area (Å²) in [5.41, 5.74) is 0.784. The first-order chi connectivity index (χ1) is 11.9. The normalized spacial score (nSPS) is 11.5. The molecular formula is C14H16F3N5O2S. The third kappa shape index (κ3) is 6.02. The van der Waals surface area contributed by atoms with Gasteiger partial charge < -0.3 is 10.1 Å². The maximum atomic E-state index is 12.1. The lowest BCUT2D eigenvalue weighted by molar-refractivity contribution is -0.136. The second-order valence-corrected chi connectivity index (χ2v) is 5.81. The smallest absolute Gasteiger partial charge is 0.383 e. The minimum absolute atomic E-state index is 0.197. The van der Waals surface area contributed by atoms with Crippen LogP contribution in [0.2, 0.25) is 0 Å². The minimum Gasteiger partial charge on any atom is -0.383 e. The van der Waals surface area contributed by atoms with Gasteiger partial charge in [0.2, 0.25) is 5.91 Å². The van der Waals surface area contributed by atoms with Gasteiger partial charge in [0, 0.05) is 25.1 Å². The molecule has 2 rings (SSSR count). The zero-order chi connectivity index (χ0) is 18.3. The number of nitrogens with zero attached hydrogens (tertiary/aromatic N) is 4. The predicted molar refractivity (Wildman–Crippen MR) is 84.9 cm³/mol. The molecule has 0 saturated carbocycles. The first-order valence-corrected chi connectivity index (χ1v) is 8.18. The van der Waals surface area contributed by atoms with Crippen LogP contribution in [0.4, 0.5) is 13.2 Å². The molecule has 0 unspecified atom stereocenters. The van der Waals surface area contributed by atoms with E-state index in [0.717, 1.165) is 17.3 Å². The fourth-order valence-corrected chi connectivity index (χ4v) is 2.67. The van der Waals surface area contributed by atoms with Gasteiger partial charge in [0.15, 0.2) is 11.0 Å². The molecule has 0 atom stereocenters. The third-order valence-electron chi connectivity index (χ3n) is 2.99. The van der Waals surface area contributed by atoms with E-state index in [-0.39, 0.29) is 5.75 Å². The van der Waals surface area contributed by atoms with Crippen molar-refractivity contribution in [3.8, 4) is 11.4 Å². The molecule has 7 nitrogen and oxygen atoms in total. The topological polar surface area (TPSA) is 81.9 Å². The Bertz CT molecular complexity index is 694. The molecule has 1 N–H and O–H groups in total. The standard InChI is InChI=1S/C14H16F3N5O2S/c1-24-7-6-22-12(10-2-4-18-5-3-10)20-21-13(22)25-8-11(23)19-9-14(15,16)17/h2-5H,6-9H2,1H3,(H,19,23). The molecule has 2 aromatic rings. The SMILES string of the molecule is COCCn1c(SCC(=O)NCC(F)(F)F)nnc1-c1ccncc1. The summed E-state index contributed by atoms with van der Waals surface area (Å²) < 4.78 is 43.1. The Morgan fingerprint density at radius 2 is 2.04 bits per heavy atom. The average Bonchev–Trinajstić information content (AvgIpc) is 2.99. The molecule has 25 heavy (non-hydrogen) atoms. The Balaban J connectivity index is 2.07. The van der Waals surface area contributed by atoms with Crippen LogP contribution in [0.3, 0.4) is 0 Å². The van der Waals surface area contributed by atoms with Crippen LogP contribution in [-0.4, -0.2) is 57.8 Å². The van der Waals surface area contributed by atoms with Crippen LogP contribution in [-0.2, 0) is 16.1 Å². The van der Waals surface area contributed by atoms with Crippen LogP contribution in [0.5, 0.6) is 0 Å². The van der Waals surface area contributed by atoms with Crippen LogP contribution >= 0.6 is 11.8 Å². The molecule has 0 radical (unpaired) electrons. The first-order valence-electron chi connectivity index (χ1n) is 7.19. The van der Waals surface area contributed by atoms with Crippen LogP contribution in [0.15, 0.2) is 29.7 Å². The predicted octanol–water partition coefficient (Wildman–Crippen LogP) is 1.76. The van der Waals surface area contributed by atoms with Crippen molar-refractivity contribution in [3.05, 3.63) is 24.5 Å². The molecule has 0 spiro atoms. The number of thioether (sulfide) groups is 1. The summed E-state index contributed by atoms with van der Waals surface area (Å²) >= 11 is 1.01. The Labute approximate surface area is 146 Å². The van der Waals surface area contributed by atoms with Crippen molar-refractivity contribution in [2.24, 2.45) is 0 Å². The molecule has 0 aliphatic heterocycles. The van der Waals surface area contributed by atoms with Crippen LogP contribution in [0.25, 0.3) is 11.4 Å². The molecule has 0 aromatic carbocycles. The molecule has 2 aromatic heterocycles. The van der Waals surface area contributed by atoms with Gasteiger partial charge in [-0.1, -0.05) is 11.8 Å². The van der Waals surface area contributed by atoms with E-state index in [0.29, 0.717) is 24.1 Å². The molecular weight excluding hydrogens is 359 g/mol. The number of hydrogen-bond acceptors (Lipinski definition) is 6. The number of rotatable bonds is 8. The molecule has 2 heterocycles. The Morgan fingerprint density at radius 1 is 1.32 bits per heavy atom. The summed E-state index contributed by atoms with van der Waals surface area (Å²) in [5.74, 6) is -0.357. The Morgan fingerprint density at radius 3 is 2.68 bits per heavy atom. The summed E-state index contributed by atoms with van der Waals surface area (Å²) in [4.78, 5) is 15.5. The van der Waals surface area contributed by atoms with Crippen LogP contribution < -0.4 is 5.32 Å². The number of halogens is 3. The van der Waals surface area contributed by atoms with E-state index in [9.17, 15) is 18.0 Å². The number of methoxy groups -OCH3 is 1. The van der Waals surface area contributed by atoms with Crippen molar-refractivity contribution in [1.82, 2.24) is 25.1 Å². The third-order valence-corrected chi connectivity index (χ3v) is 3.96. The van der Waals surface area contributed by atoms with E-state index in [4.69, 9.17) is 4.74 Å². The highest BCUT2D eigenvalue weighted by molar-refractivity contribution is 7.99. The molecule has 0 fully saturated rings. The van der Waals surface area contributed by atoms with E-state index < -0.39 is 18.6 Å². The highest BCUT2D eigenvalue weighted by Crippen LogP contribution is 2.23. The fraction of sp³-hybridized carbons (Fsp3) is 0.429. The maximum Gasteiger partial charge on any atom is 0.405 e. The van der Waals surface area contributed by atoms with Gasteiger partial charge in [0.25, 0.3) is 0 Å². The van der Waals surface area contributed by atoms with E-state index in [1.807, 2.05) is 5.32 Å². The lowest BCUT2D eigenvalue weighted by Crippen LogP contribution is -2.34. The van der Waals surface area contributed by atoms with Crippen LogP contribution in [0, 0.1) is 0 Å². The van der Waals surface area contributed by atoms with Gasteiger partial charge in [-0.05, 0) is 12.1 Å². The quantitative estimate of drug-likeness (QED) is 0.708. The molecule has 0 aliphatic rings. The van der Waals surface area contributed by atoms with E-state index in [1.165, 1.54) is 0 Å². The number of nitrogens with one attached hydrogen (secondary N) is 1. The Hall–Kier alpha value is -2.14. The van der Waals surface area contributed by atoms with E-state index >= 15 is 0 Å². The van der Waals surface area contributed by atoms with E-state index in [2.05, 4.69) is 15.2 Å². The lowest BCUT2D eigenvalue weighted by Gasteiger charge is -2.10. The highest BCUT2D eigenvalue weighted by Gasteiger charge is 2.27. The zero-order valence-electron chi connectivity index (χ0n) is 13.3. The zero-order valence-corrected chi connectivity index (χ0v) is 14.1. The minimum atomic E-state index is -4.44. The van der Waals surface area contributed by atoms with Crippen molar-refractivity contribution in [2.45, 2.75) is 17.9 Å². The summed E-state index contributed by atoms with van der Waals surface area (Å²) in [5, 5.41) is 10.4. The molecule has 0 saturated heterocycles. The summed E-state index contributed by atoms with van der Waals surface area (Å²) in [6.45, 7) is -0.525. The van der Waals surface area contributed by atoms with Gasteiger partial charge in [-0.3, -0.25) is 14.3 Å². The number of carbonyl (C=O) groups excluding carboxylic acids is 1. The van der Waals surface area contributed by atoms with Crippen molar-refractivity contribution >= 4 is 17.7 Å². The number of alkyl halides is 3. The van der Waals surface area contributed by atoms with E-state index in [1.54, 1.807) is 36.2 Å². The molecule has 136 valence electrons. The molecule has 11 heteroatoms. The molecule has 1 amide bonds. The second kappa shape index (κ2) is 8.81. The molecule has 0 bridgehead atoms. The number of pyridine rings is 1. The van der Waals surface area contributed by atoms with Gasteiger partial charge >= 0.3 is 6.18 Å². The number of hydrogen-bond donors (Lipinski definition) is 1. The van der Waals surface area contributed by atoms with Crippen molar-refractivity contribution < 1.29 is 22.7 Å². The summed E-state index contributed by atoms with van der Waals surface area (Å²) in [6.07, 6.45) is -1.21. The van der Waals surface area contributed by atoms with Gasteiger partial charge in [0.05, 0.1) is 18.9 Å². The molecule has 0 aliphatic carbocycles. The lowest BCUT2D eigenvalue weighted by atomic mass is 10.2. The second-order valence-electron chi connectivity index (χ2n) is 4.87. The summed E-state index contributed by atoms with van der Waals surface area (Å²) in [7, 11) is 1.55. The number of carbonyl (C=O) groups is 1. The van der Waals surface area contributed by atoms with Gasteiger partial charge in [0.1, 0.15) is 6.54 Å². The largest absolute Gasteiger partial charge is 0.405 e. The number of aromatic nitrogens is 4. The maximum absolute atomic E-state index is 12.1. The van der Waals surface area contributed by atoms with Crippen LogP contribution in [0.1, 0.15) is 0 Å². The van der Waals surface area contributed by atoms with Gasteiger partial charge in [-0.2, -0.15) is 13.2 Å². The first kappa shape index (κ1) is 19.2. The van der Waals surface area contributed by atoms with Crippen molar-refractivity contribution in [3.63, 3.8) is 0 Å². The van der Waals surface area contributed by atoms with Crippen molar-refractivity contribution in [1.29, 1.82) is 0 Å². The number of amides is 1. The summed E-state index contributed by atoms with van der Waals surface area (Å²) in [6, 6.07) is 3.52. The number of ether oxygens (including phenoxy) is 1. The average molecular weight is 375 g/mol. The van der Waals surface area contributed by atoms with Crippen molar-refractivity contribution in [2.75, 3.05) is 26.0 Å². The highest BCUT2D eigenvalue weighted by atomic mass is 32.2. The van der Waals surface area contributed by atoms with Gasteiger partial charge in [-0.25, -0.2) is 0 Å². The monoisotopic (exact) mass is 375 g/mol.